The topological polar surface area (TPSA) is 37.3 Å². The maximum absolute atomic E-state index is 11.7. The zero-order valence-corrected chi connectivity index (χ0v) is 13.1. The Morgan fingerprint density at radius 2 is 2.00 bits per heavy atom. The van der Waals surface area contributed by atoms with Crippen molar-refractivity contribution < 1.29 is 9.90 Å². The van der Waals surface area contributed by atoms with E-state index in [2.05, 4.69) is 0 Å². The molecule has 0 aromatic heterocycles. The average molecular weight is 288 g/mol. The lowest BCUT2D eigenvalue weighted by Crippen LogP contribution is -2.43. The van der Waals surface area contributed by atoms with Gasteiger partial charge in [-0.15, -0.1) is 0 Å². The van der Waals surface area contributed by atoms with Crippen LogP contribution >= 0.6 is 0 Å². The summed E-state index contributed by atoms with van der Waals surface area (Å²) in [5.74, 6) is 2.98. The minimum Gasteiger partial charge on any atom is -0.396 e. The normalized spacial score (nSPS) is 42.5. The Morgan fingerprint density at radius 3 is 2.86 bits per heavy atom. The molecule has 0 bridgehead atoms. The second-order valence-corrected chi connectivity index (χ2v) is 8.03. The van der Waals surface area contributed by atoms with Gasteiger partial charge in [-0.05, 0) is 74.5 Å². The van der Waals surface area contributed by atoms with Gasteiger partial charge in [0.1, 0.15) is 5.78 Å². The predicted molar refractivity (Wildman–Crippen MR) is 82.8 cm³/mol. The molecule has 4 aliphatic rings. The first-order valence-corrected chi connectivity index (χ1v) is 9.07. The van der Waals surface area contributed by atoms with Gasteiger partial charge in [-0.2, -0.15) is 0 Å². The van der Waals surface area contributed by atoms with Crippen molar-refractivity contribution in [1.29, 1.82) is 0 Å². The summed E-state index contributed by atoms with van der Waals surface area (Å²) in [4.78, 5) is 11.7. The molecule has 21 heavy (non-hydrogen) atoms. The van der Waals surface area contributed by atoms with E-state index in [0.29, 0.717) is 17.8 Å². The van der Waals surface area contributed by atoms with Crippen molar-refractivity contribution in [3.63, 3.8) is 0 Å². The molecule has 4 atom stereocenters. The van der Waals surface area contributed by atoms with Crippen LogP contribution in [-0.2, 0) is 4.79 Å². The number of hydrogen-bond donors (Lipinski definition) is 1. The van der Waals surface area contributed by atoms with Crippen molar-refractivity contribution in [2.75, 3.05) is 6.61 Å². The minimum atomic E-state index is 0.371. The lowest BCUT2D eigenvalue weighted by Gasteiger charge is -2.52. The molecule has 0 aromatic carbocycles. The molecule has 0 amide bonds. The maximum atomic E-state index is 11.7. The third kappa shape index (κ3) is 2.13. The number of allylic oxidation sites excluding steroid dienone is 2. The summed E-state index contributed by atoms with van der Waals surface area (Å²) in [7, 11) is 0. The van der Waals surface area contributed by atoms with Gasteiger partial charge in [0.2, 0.25) is 0 Å². The fourth-order valence-corrected chi connectivity index (χ4v) is 6.50. The molecule has 0 unspecified atom stereocenters. The average Bonchev–Trinajstić information content (AvgIpc) is 2.90. The second-order valence-electron chi connectivity index (χ2n) is 8.03. The van der Waals surface area contributed by atoms with Gasteiger partial charge >= 0.3 is 0 Å². The molecule has 2 heteroatoms. The van der Waals surface area contributed by atoms with E-state index in [-0.39, 0.29) is 0 Å². The first-order valence-electron chi connectivity index (χ1n) is 9.07. The maximum Gasteiger partial charge on any atom is 0.137 e. The summed E-state index contributed by atoms with van der Waals surface area (Å²) >= 11 is 0. The van der Waals surface area contributed by atoms with E-state index in [0.717, 1.165) is 43.4 Å². The van der Waals surface area contributed by atoms with Crippen LogP contribution in [0.5, 0.6) is 0 Å². The minimum absolute atomic E-state index is 0.371. The number of fused-ring (bicyclic) bond motifs is 4. The second kappa shape index (κ2) is 5.22. The number of ketones is 1. The number of hydrogen-bond acceptors (Lipinski definition) is 2. The van der Waals surface area contributed by atoms with Gasteiger partial charge in [0, 0.05) is 19.4 Å². The van der Waals surface area contributed by atoms with Crippen molar-refractivity contribution in [2.24, 2.45) is 23.2 Å². The molecule has 2 saturated carbocycles. The molecule has 0 heterocycles. The SMILES string of the molecule is O=C1CCC2=C(CC[C@@H]3[C@@H]2CC[C@]2(CCO)CCC[C@@H]32)C1. The van der Waals surface area contributed by atoms with Crippen LogP contribution in [0.15, 0.2) is 11.1 Å². The van der Waals surface area contributed by atoms with E-state index < -0.39 is 0 Å². The van der Waals surface area contributed by atoms with E-state index in [1.165, 1.54) is 50.5 Å². The molecule has 116 valence electrons. The molecule has 0 spiro atoms. The molecule has 0 saturated heterocycles. The smallest absolute Gasteiger partial charge is 0.137 e. The van der Waals surface area contributed by atoms with Gasteiger partial charge in [-0.3, -0.25) is 4.79 Å². The van der Waals surface area contributed by atoms with Crippen molar-refractivity contribution in [1.82, 2.24) is 0 Å². The Balaban J connectivity index is 1.62. The van der Waals surface area contributed by atoms with E-state index in [4.69, 9.17) is 0 Å². The van der Waals surface area contributed by atoms with Gasteiger partial charge in [0.05, 0.1) is 0 Å². The quantitative estimate of drug-likeness (QED) is 0.779. The molecule has 0 radical (unpaired) electrons. The molecule has 2 fully saturated rings. The van der Waals surface area contributed by atoms with Gasteiger partial charge in [-0.1, -0.05) is 17.6 Å². The van der Waals surface area contributed by atoms with Crippen LogP contribution in [0.4, 0.5) is 0 Å². The first kappa shape index (κ1) is 14.0. The Bertz CT molecular complexity index is 478. The van der Waals surface area contributed by atoms with Crippen molar-refractivity contribution >= 4 is 5.78 Å². The molecular weight excluding hydrogens is 260 g/mol. The number of carbonyl (C=O) groups excluding carboxylic acids is 1. The standard InChI is InChI=1S/C19H28O2/c20-11-10-19-8-1-2-18(19)17-5-3-13-12-14(21)4-6-15(13)16(17)7-9-19/h16-18,20H,1-12H2/t16-,17-,18+,19+/m1/s1. The van der Waals surface area contributed by atoms with E-state index in [1.807, 2.05) is 0 Å². The summed E-state index contributed by atoms with van der Waals surface area (Å²) in [5.41, 5.74) is 3.70. The molecule has 2 nitrogen and oxygen atoms in total. The third-order valence-corrected chi connectivity index (χ3v) is 7.34. The van der Waals surface area contributed by atoms with Crippen LogP contribution in [0.3, 0.4) is 0 Å². The molecule has 4 aliphatic carbocycles. The Kier molecular flexibility index (Phi) is 3.48. The van der Waals surface area contributed by atoms with Crippen LogP contribution in [0, 0.1) is 23.2 Å². The first-order chi connectivity index (χ1) is 10.2. The van der Waals surface area contributed by atoms with E-state index in [9.17, 15) is 9.90 Å². The monoisotopic (exact) mass is 288 g/mol. The van der Waals surface area contributed by atoms with Gasteiger partial charge in [-0.25, -0.2) is 0 Å². The predicted octanol–water partition coefficient (Wildman–Crippen LogP) is 4.02. The highest BCUT2D eigenvalue weighted by Gasteiger charge is 2.52. The molecule has 4 rings (SSSR count). The van der Waals surface area contributed by atoms with Gasteiger partial charge < -0.3 is 5.11 Å². The van der Waals surface area contributed by atoms with Gasteiger partial charge in [0.15, 0.2) is 0 Å². The van der Waals surface area contributed by atoms with Crippen LogP contribution in [0.25, 0.3) is 0 Å². The van der Waals surface area contributed by atoms with Crippen molar-refractivity contribution in [3.05, 3.63) is 11.1 Å². The Labute approximate surface area is 128 Å². The van der Waals surface area contributed by atoms with Gasteiger partial charge in [0.25, 0.3) is 0 Å². The fraction of sp³-hybridized carbons (Fsp3) is 0.842. The fourth-order valence-electron chi connectivity index (χ4n) is 6.50. The number of aliphatic hydroxyl groups is 1. The van der Waals surface area contributed by atoms with Crippen LogP contribution in [-0.4, -0.2) is 17.5 Å². The lowest BCUT2D eigenvalue weighted by molar-refractivity contribution is -0.119. The van der Waals surface area contributed by atoms with Crippen LogP contribution in [0.1, 0.15) is 70.6 Å². The summed E-state index contributed by atoms with van der Waals surface area (Å²) < 4.78 is 0. The number of rotatable bonds is 2. The third-order valence-electron chi connectivity index (χ3n) is 7.34. The largest absolute Gasteiger partial charge is 0.396 e. The summed E-state index contributed by atoms with van der Waals surface area (Å²) in [5, 5.41) is 9.53. The molecule has 1 N–H and O–H groups in total. The summed E-state index contributed by atoms with van der Waals surface area (Å²) in [6, 6.07) is 0. The number of Topliss-reactive ketones (excluding diaryl/α,β-unsaturated/α-hetero) is 1. The molecule has 0 aromatic rings. The number of carbonyl (C=O) groups is 1. The van der Waals surface area contributed by atoms with Crippen molar-refractivity contribution in [2.45, 2.75) is 70.6 Å². The lowest BCUT2D eigenvalue weighted by atomic mass is 9.53. The Morgan fingerprint density at radius 1 is 1.10 bits per heavy atom. The number of aliphatic hydroxyl groups excluding tert-OH is 1. The molecular formula is C19H28O2. The summed E-state index contributed by atoms with van der Waals surface area (Å²) in [6.07, 6.45) is 12.9. The highest BCUT2D eigenvalue weighted by Crippen LogP contribution is 2.62. The zero-order valence-electron chi connectivity index (χ0n) is 13.1. The highest BCUT2D eigenvalue weighted by molar-refractivity contribution is 5.82. The van der Waals surface area contributed by atoms with Crippen LogP contribution in [0.2, 0.25) is 0 Å². The summed E-state index contributed by atoms with van der Waals surface area (Å²) in [6.45, 7) is 0.371. The molecule has 0 aliphatic heterocycles. The zero-order chi connectivity index (χ0) is 14.4. The highest BCUT2D eigenvalue weighted by atomic mass is 16.3. The van der Waals surface area contributed by atoms with E-state index in [1.54, 1.807) is 5.57 Å². The Hall–Kier alpha value is -0.630. The van der Waals surface area contributed by atoms with E-state index >= 15 is 0 Å². The van der Waals surface area contributed by atoms with Crippen molar-refractivity contribution in [3.8, 4) is 0 Å². The van der Waals surface area contributed by atoms with Crippen LogP contribution < -0.4 is 0 Å².